The first-order chi connectivity index (χ1) is 8.18. The van der Waals surface area contributed by atoms with Crippen LogP contribution in [0.2, 0.25) is 0 Å². The largest absolute Gasteiger partial charge is 0.394 e. The summed E-state index contributed by atoms with van der Waals surface area (Å²) in [6.45, 7) is 7.00. The Labute approximate surface area is 108 Å². The minimum atomic E-state index is -1.18. The van der Waals surface area contributed by atoms with Crippen molar-refractivity contribution in [1.29, 1.82) is 0 Å². The van der Waals surface area contributed by atoms with Gasteiger partial charge < -0.3 is 25.2 Å². The highest BCUT2D eigenvalue weighted by atomic mass is 16.5. The third-order valence-electron chi connectivity index (χ3n) is 3.21. The van der Waals surface area contributed by atoms with Gasteiger partial charge in [0.2, 0.25) is 0 Å². The van der Waals surface area contributed by atoms with E-state index in [0.717, 1.165) is 0 Å². The SMILES string of the molecule is CC(O)N[C@H]1C(C(C)(C)C)O[C@H](CO)[C@H](O)[C@@H]1O. The molecule has 1 saturated heterocycles. The van der Waals surface area contributed by atoms with Gasteiger partial charge in [-0.3, -0.25) is 5.32 Å². The van der Waals surface area contributed by atoms with Crippen LogP contribution in [0.25, 0.3) is 0 Å². The van der Waals surface area contributed by atoms with Gasteiger partial charge in [0, 0.05) is 0 Å². The standard InChI is InChI=1S/C12H25NO5/c1-6(15)13-8-10(17)9(16)7(5-14)18-11(8)12(2,3)4/h6-11,13-17H,5H2,1-4H3/t6?,7-,8-,9+,10-,11?/m1/s1. The Hall–Kier alpha value is -0.240. The highest BCUT2D eigenvalue weighted by molar-refractivity contribution is 5.00. The summed E-state index contributed by atoms with van der Waals surface area (Å²) in [7, 11) is 0. The fourth-order valence-corrected chi connectivity index (χ4v) is 2.32. The van der Waals surface area contributed by atoms with E-state index in [9.17, 15) is 15.3 Å². The molecule has 1 heterocycles. The molecule has 0 saturated carbocycles. The van der Waals surface area contributed by atoms with E-state index >= 15 is 0 Å². The van der Waals surface area contributed by atoms with E-state index in [1.54, 1.807) is 0 Å². The summed E-state index contributed by atoms with van der Waals surface area (Å²) in [6.07, 6.45) is -4.34. The summed E-state index contributed by atoms with van der Waals surface area (Å²) < 4.78 is 5.66. The normalized spacial score (nSPS) is 39.7. The summed E-state index contributed by atoms with van der Waals surface area (Å²) in [6, 6.07) is -0.595. The molecule has 6 nitrogen and oxygen atoms in total. The van der Waals surface area contributed by atoms with Crippen LogP contribution in [0.15, 0.2) is 0 Å². The lowest BCUT2D eigenvalue weighted by Gasteiger charge is -2.48. The third-order valence-corrected chi connectivity index (χ3v) is 3.21. The van der Waals surface area contributed by atoms with E-state index < -0.39 is 36.7 Å². The molecule has 0 spiro atoms. The summed E-state index contributed by atoms with van der Waals surface area (Å²) in [5, 5.41) is 41.3. The van der Waals surface area contributed by atoms with Crippen molar-refractivity contribution in [1.82, 2.24) is 5.32 Å². The average molecular weight is 263 g/mol. The quantitative estimate of drug-likeness (QED) is 0.410. The molecule has 108 valence electrons. The Morgan fingerprint density at radius 3 is 2.17 bits per heavy atom. The van der Waals surface area contributed by atoms with Crippen molar-refractivity contribution < 1.29 is 25.2 Å². The molecule has 0 radical (unpaired) electrons. The molecule has 1 fully saturated rings. The van der Waals surface area contributed by atoms with Gasteiger partial charge in [-0.1, -0.05) is 20.8 Å². The van der Waals surface area contributed by atoms with Crippen molar-refractivity contribution in [3.05, 3.63) is 0 Å². The predicted octanol–water partition coefficient (Wildman–Crippen LogP) is -1.19. The Kier molecular flexibility index (Phi) is 5.11. The van der Waals surface area contributed by atoms with Gasteiger partial charge in [0.15, 0.2) is 0 Å². The van der Waals surface area contributed by atoms with E-state index in [1.165, 1.54) is 6.92 Å². The fourth-order valence-electron chi connectivity index (χ4n) is 2.32. The zero-order chi connectivity index (χ0) is 14.1. The maximum Gasteiger partial charge on any atom is 0.110 e. The van der Waals surface area contributed by atoms with Gasteiger partial charge >= 0.3 is 0 Å². The number of hydrogen-bond donors (Lipinski definition) is 5. The van der Waals surface area contributed by atoms with Crippen LogP contribution in [0.5, 0.6) is 0 Å². The van der Waals surface area contributed by atoms with Crippen molar-refractivity contribution in [2.75, 3.05) is 6.61 Å². The summed E-state index contributed by atoms with van der Waals surface area (Å²) >= 11 is 0. The van der Waals surface area contributed by atoms with Crippen LogP contribution in [0, 0.1) is 5.41 Å². The molecule has 0 amide bonds. The fraction of sp³-hybridized carbons (Fsp3) is 1.00. The molecule has 1 rings (SSSR count). The number of aliphatic hydroxyl groups excluding tert-OH is 4. The molecule has 18 heavy (non-hydrogen) atoms. The average Bonchev–Trinajstić information content (AvgIpc) is 2.23. The Balaban J connectivity index is 2.94. The first-order valence-electron chi connectivity index (χ1n) is 6.25. The molecule has 0 bridgehead atoms. The second kappa shape index (κ2) is 5.81. The monoisotopic (exact) mass is 263 g/mol. The zero-order valence-corrected chi connectivity index (χ0v) is 11.4. The van der Waals surface area contributed by atoms with Gasteiger partial charge in [0.1, 0.15) is 24.5 Å². The van der Waals surface area contributed by atoms with Gasteiger partial charge in [-0.2, -0.15) is 0 Å². The summed E-state index contributed by atoms with van der Waals surface area (Å²) in [4.78, 5) is 0. The van der Waals surface area contributed by atoms with Crippen molar-refractivity contribution in [2.24, 2.45) is 5.41 Å². The van der Waals surface area contributed by atoms with E-state index in [2.05, 4.69) is 5.32 Å². The molecular formula is C12H25NO5. The maximum atomic E-state index is 10.1. The molecule has 0 aromatic rings. The smallest absolute Gasteiger partial charge is 0.110 e. The van der Waals surface area contributed by atoms with E-state index in [4.69, 9.17) is 9.84 Å². The van der Waals surface area contributed by atoms with Crippen LogP contribution in [-0.2, 0) is 4.74 Å². The maximum absolute atomic E-state index is 10.1. The molecule has 0 aliphatic carbocycles. The second-order valence-corrected chi connectivity index (χ2v) is 5.99. The van der Waals surface area contributed by atoms with Gasteiger partial charge in [0.25, 0.3) is 0 Å². The number of aliphatic hydroxyl groups is 4. The van der Waals surface area contributed by atoms with E-state index in [-0.39, 0.29) is 12.0 Å². The topological polar surface area (TPSA) is 102 Å². The van der Waals surface area contributed by atoms with Crippen LogP contribution in [0.3, 0.4) is 0 Å². The number of rotatable bonds is 3. The molecule has 1 aliphatic heterocycles. The van der Waals surface area contributed by atoms with Crippen molar-refractivity contribution in [3.63, 3.8) is 0 Å². The minimum absolute atomic E-state index is 0.304. The van der Waals surface area contributed by atoms with E-state index in [0.29, 0.717) is 0 Å². The molecule has 6 heteroatoms. The Morgan fingerprint density at radius 1 is 1.22 bits per heavy atom. The van der Waals surface area contributed by atoms with Crippen LogP contribution in [0.1, 0.15) is 27.7 Å². The molecule has 1 aliphatic rings. The highest BCUT2D eigenvalue weighted by Crippen LogP contribution is 2.33. The number of nitrogens with one attached hydrogen (secondary N) is 1. The van der Waals surface area contributed by atoms with Crippen LogP contribution < -0.4 is 5.32 Å². The lowest BCUT2D eigenvalue weighted by molar-refractivity contribution is -0.220. The molecular weight excluding hydrogens is 238 g/mol. The Bertz CT molecular complexity index is 266. The first-order valence-corrected chi connectivity index (χ1v) is 6.25. The molecule has 0 aromatic carbocycles. The second-order valence-electron chi connectivity index (χ2n) is 5.99. The number of hydrogen-bond acceptors (Lipinski definition) is 6. The highest BCUT2D eigenvalue weighted by Gasteiger charge is 2.48. The molecule has 0 aromatic heterocycles. The molecule has 2 unspecified atom stereocenters. The number of ether oxygens (including phenoxy) is 1. The van der Waals surface area contributed by atoms with Gasteiger partial charge in [-0.25, -0.2) is 0 Å². The lowest BCUT2D eigenvalue weighted by atomic mass is 9.78. The predicted molar refractivity (Wildman–Crippen MR) is 65.8 cm³/mol. The van der Waals surface area contributed by atoms with Crippen molar-refractivity contribution in [2.45, 2.75) is 64.4 Å². The minimum Gasteiger partial charge on any atom is -0.394 e. The molecule has 5 N–H and O–H groups in total. The van der Waals surface area contributed by atoms with Crippen LogP contribution in [-0.4, -0.2) is 63.7 Å². The Morgan fingerprint density at radius 2 is 1.78 bits per heavy atom. The van der Waals surface area contributed by atoms with Gasteiger partial charge in [-0.05, 0) is 12.3 Å². The van der Waals surface area contributed by atoms with Crippen molar-refractivity contribution >= 4 is 0 Å². The zero-order valence-electron chi connectivity index (χ0n) is 11.4. The first kappa shape index (κ1) is 15.8. The van der Waals surface area contributed by atoms with Crippen LogP contribution in [0.4, 0.5) is 0 Å². The third kappa shape index (κ3) is 3.40. The van der Waals surface area contributed by atoms with Crippen LogP contribution >= 0.6 is 0 Å². The lowest BCUT2D eigenvalue weighted by Crippen LogP contribution is -2.67. The molecule has 6 atom stereocenters. The van der Waals surface area contributed by atoms with E-state index in [1.807, 2.05) is 20.8 Å². The van der Waals surface area contributed by atoms with Gasteiger partial charge in [-0.15, -0.1) is 0 Å². The summed E-state index contributed by atoms with van der Waals surface area (Å²) in [5.41, 5.74) is -0.304. The van der Waals surface area contributed by atoms with Crippen molar-refractivity contribution in [3.8, 4) is 0 Å². The summed E-state index contributed by atoms with van der Waals surface area (Å²) in [5.74, 6) is 0. The van der Waals surface area contributed by atoms with Gasteiger partial charge in [0.05, 0.1) is 18.8 Å².